The number of aromatic nitrogens is 1. The lowest BCUT2D eigenvalue weighted by Crippen LogP contribution is -2.38. The van der Waals surface area contributed by atoms with Crippen LogP contribution in [0.5, 0.6) is 0 Å². The number of hydrogen-bond acceptors (Lipinski definition) is 3. The Morgan fingerprint density at radius 1 is 1.32 bits per heavy atom. The zero-order valence-electron chi connectivity index (χ0n) is 11.2. The minimum absolute atomic E-state index is 0.0204. The standard InChI is InChI=1S/C14H18N2O3/c1-9(2)15-13(18)8-16-11-4-3-5-12(17)10(11)6-7-14(16)19/h6-7,9H,3-5,8H2,1-2H3,(H,15,18). The lowest BCUT2D eigenvalue weighted by atomic mass is 9.94. The van der Waals surface area contributed by atoms with Gasteiger partial charge < -0.3 is 9.88 Å². The Labute approximate surface area is 111 Å². The summed E-state index contributed by atoms with van der Waals surface area (Å²) >= 11 is 0. The molecular formula is C14H18N2O3. The Morgan fingerprint density at radius 2 is 2.05 bits per heavy atom. The number of rotatable bonds is 3. The van der Waals surface area contributed by atoms with Gasteiger partial charge in [0.05, 0.1) is 0 Å². The van der Waals surface area contributed by atoms with Gasteiger partial charge in [0.25, 0.3) is 5.56 Å². The first-order chi connectivity index (χ1) is 8.99. The predicted octanol–water partition coefficient (Wildman–Crippen LogP) is 0.892. The van der Waals surface area contributed by atoms with Crippen molar-refractivity contribution < 1.29 is 9.59 Å². The molecule has 19 heavy (non-hydrogen) atoms. The summed E-state index contributed by atoms with van der Waals surface area (Å²) in [5.41, 5.74) is 1.05. The van der Waals surface area contributed by atoms with Crippen molar-refractivity contribution in [3.05, 3.63) is 33.7 Å². The maximum atomic E-state index is 11.9. The molecule has 1 aliphatic rings. The quantitative estimate of drug-likeness (QED) is 0.879. The molecule has 2 rings (SSSR count). The van der Waals surface area contributed by atoms with E-state index in [0.29, 0.717) is 24.1 Å². The molecule has 102 valence electrons. The van der Waals surface area contributed by atoms with Crippen LogP contribution in [0, 0.1) is 0 Å². The summed E-state index contributed by atoms with van der Waals surface area (Å²) in [7, 11) is 0. The van der Waals surface area contributed by atoms with Crippen molar-refractivity contribution >= 4 is 11.7 Å². The molecule has 0 radical (unpaired) electrons. The molecular weight excluding hydrogens is 244 g/mol. The van der Waals surface area contributed by atoms with Crippen molar-refractivity contribution in [2.45, 2.75) is 45.7 Å². The van der Waals surface area contributed by atoms with E-state index in [4.69, 9.17) is 0 Å². The third kappa shape index (κ3) is 2.92. The number of carbonyl (C=O) groups excluding carboxylic acids is 2. The van der Waals surface area contributed by atoms with Gasteiger partial charge >= 0.3 is 0 Å². The second kappa shape index (κ2) is 5.38. The molecule has 0 aliphatic heterocycles. The van der Waals surface area contributed by atoms with E-state index in [0.717, 1.165) is 6.42 Å². The van der Waals surface area contributed by atoms with Crippen LogP contribution in [0.15, 0.2) is 16.9 Å². The Kier molecular flexibility index (Phi) is 3.83. The number of Topliss-reactive ketones (excluding diaryl/α,β-unsaturated/α-hetero) is 1. The number of fused-ring (bicyclic) bond motifs is 1. The normalized spacial score (nSPS) is 14.4. The highest BCUT2D eigenvalue weighted by atomic mass is 16.2. The second-order valence-corrected chi connectivity index (χ2v) is 5.12. The molecule has 0 aromatic carbocycles. The minimum Gasteiger partial charge on any atom is -0.352 e. The molecule has 0 saturated heterocycles. The van der Waals surface area contributed by atoms with Crippen LogP contribution in [0.2, 0.25) is 0 Å². The van der Waals surface area contributed by atoms with Crippen LogP contribution in [0.1, 0.15) is 42.7 Å². The molecule has 0 atom stereocenters. The number of nitrogens with one attached hydrogen (secondary N) is 1. The van der Waals surface area contributed by atoms with Crippen molar-refractivity contribution in [3.63, 3.8) is 0 Å². The third-order valence-corrected chi connectivity index (χ3v) is 3.16. The molecule has 1 amide bonds. The molecule has 5 nitrogen and oxygen atoms in total. The van der Waals surface area contributed by atoms with Gasteiger partial charge in [0.1, 0.15) is 6.54 Å². The highest BCUT2D eigenvalue weighted by molar-refractivity contribution is 5.98. The van der Waals surface area contributed by atoms with E-state index in [1.807, 2.05) is 13.8 Å². The van der Waals surface area contributed by atoms with Gasteiger partial charge in [-0.3, -0.25) is 14.4 Å². The maximum absolute atomic E-state index is 11.9. The van der Waals surface area contributed by atoms with Gasteiger partial charge in [-0.25, -0.2) is 0 Å². The van der Waals surface area contributed by atoms with Crippen LogP contribution in [-0.4, -0.2) is 22.3 Å². The van der Waals surface area contributed by atoms with Gasteiger partial charge in [-0.1, -0.05) is 0 Å². The Morgan fingerprint density at radius 3 is 2.74 bits per heavy atom. The molecule has 1 N–H and O–H groups in total. The van der Waals surface area contributed by atoms with E-state index in [1.165, 1.54) is 10.6 Å². The minimum atomic E-state index is -0.229. The zero-order valence-corrected chi connectivity index (χ0v) is 11.2. The molecule has 0 fully saturated rings. The second-order valence-electron chi connectivity index (χ2n) is 5.12. The summed E-state index contributed by atoms with van der Waals surface area (Å²) in [6, 6.07) is 2.98. The smallest absolute Gasteiger partial charge is 0.251 e. The Bertz CT molecular complexity index is 573. The van der Waals surface area contributed by atoms with Crippen molar-refractivity contribution in [1.29, 1.82) is 0 Å². The zero-order chi connectivity index (χ0) is 14.0. The predicted molar refractivity (Wildman–Crippen MR) is 71.2 cm³/mol. The van der Waals surface area contributed by atoms with Gasteiger partial charge in [0.2, 0.25) is 5.91 Å². The van der Waals surface area contributed by atoms with Gasteiger partial charge in [-0.05, 0) is 32.8 Å². The SMILES string of the molecule is CC(C)NC(=O)Cn1c2c(ccc1=O)C(=O)CCC2. The summed E-state index contributed by atoms with van der Waals surface area (Å²) < 4.78 is 1.42. The fourth-order valence-electron chi connectivity index (χ4n) is 2.38. The van der Waals surface area contributed by atoms with E-state index < -0.39 is 0 Å². The van der Waals surface area contributed by atoms with Crippen LogP contribution >= 0.6 is 0 Å². The Balaban J connectivity index is 2.35. The average Bonchev–Trinajstić information content (AvgIpc) is 2.32. The van der Waals surface area contributed by atoms with Crippen molar-refractivity contribution in [2.75, 3.05) is 0 Å². The van der Waals surface area contributed by atoms with E-state index in [1.54, 1.807) is 6.07 Å². The molecule has 0 saturated carbocycles. The summed E-state index contributed by atoms with van der Waals surface area (Å²) in [5, 5.41) is 2.75. The number of nitrogens with zero attached hydrogens (tertiary/aromatic N) is 1. The molecule has 1 aliphatic carbocycles. The maximum Gasteiger partial charge on any atom is 0.251 e. The Hall–Kier alpha value is -1.91. The molecule has 0 bridgehead atoms. The van der Waals surface area contributed by atoms with E-state index >= 15 is 0 Å². The van der Waals surface area contributed by atoms with Crippen LogP contribution in [0.3, 0.4) is 0 Å². The van der Waals surface area contributed by atoms with E-state index in [2.05, 4.69) is 5.32 Å². The average molecular weight is 262 g/mol. The fraction of sp³-hybridized carbons (Fsp3) is 0.500. The van der Waals surface area contributed by atoms with E-state index in [9.17, 15) is 14.4 Å². The fourth-order valence-corrected chi connectivity index (χ4v) is 2.38. The van der Waals surface area contributed by atoms with Crippen molar-refractivity contribution in [3.8, 4) is 0 Å². The van der Waals surface area contributed by atoms with Crippen LogP contribution < -0.4 is 10.9 Å². The highest BCUT2D eigenvalue weighted by Gasteiger charge is 2.21. The first-order valence-corrected chi connectivity index (χ1v) is 6.54. The highest BCUT2D eigenvalue weighted by Crippen LogP contribution is 2.19. The summed E-state index contributed by atoms with van der Waals surface area (Å²) in [4.78, 5) is 35.5. The van der Waals surface area contributed by atoms with E-state index in [-0.39, 0.29) is 29.8 Å². The molecule has 0 unspecified atom stereocenters. The molecule has 1 heterocycles. The van der Waals surface area contributed by atoms with Gasteiger partial charge in [0, 0.05) is 29.8 Å². The first-order valence-electron chi connectivity index (χ1n) is 6.54. The molecule has 0 spiro atoms. The summed E-state index contributed by atoms with van der Waals surface area (Å²) in [6.07, 6.45) is 1.93. The number of amides is 1. The number of hydrogen-bond donors (Lipinski definition) is 1. The van der Waals surface area contributed by atoms with Crippen LogP contribution in [-0.2, 0) is 17.8 Å². The monoisotopic (exact) mass is 262 g/mol. The van der Waals surface area contributed by atoms with Gasteiger partial charge in [0.15, 0.2) is 5.78 Å². The van der Waals surface area contributed by atoms with Crippen molar-refractivity contribution in [2.24, 2.45) is 0 Å². The summed E-state index contributed by atoms with van der Waals surface area (Å²) in [6.45, 7) is 3.71. The number of ketones is 1. The number of carbonyl (C=O) groups is 2. The largest absolute Gasteiger partial charge is 0.352 e. The summed E-state index contributed by atoms with van der Waals surface area (Å²) in [5.74, 6) is -0.150. The molecule has 1 aromatic rings. The van der Waals surface area contributed by atoms with Gasteiger partial charge in [-0.15, -0.1) is 0 Å². The number of pyridine rings is 1. The third-order valence-electron chi connectivity index (χ3n) is 3.16. The van der Waals surface area contributed by atoms with Crippen molar-refractivity contribution in [1.82, 2.24) is 9.88 Å². The van der Waals surface area contributed by atoms with Crippen LogP contribution in [0.4, 0.5) is 0 Å². The van der Waals surface area contributed by atoms with Crippen LogP contribution in [0.25, 0.3) is 0 Å². The lowest BCUT2D eigenvalue weighted by Gasteiger charge is -2.20. The van der Waals surface area contributed by atoms with Gasteiger partial charge in [-0.2, -0.15) is 0 Å². The first kappa shape index (κ1) is 13.5. The molecule has 1 aromatic heterocycles. The molecule has 5 heteroatoms. The topological polar surface area (TPSA) is 68.2 Å². The lowest BCUT2D eigenvalue weighted by molar-refractivity contribution is -0.122.